The Morgan fingerprint density at radius 1 is 1.22 bits per heavy atom. The number of halogens is 1. The van der Waals surface area contributed by atoms with E-state index in [4.69, 9.17) is 0 Å². The molecular weight excluding hydrogens is 372 g/mol. The molecule has 2 aromatic carbocycles. The number of carbonyl (C=O) groups excluding carboxylic acids is 1. The van der Waals surface area contributed by atoms with Gasteiger partial charge in [0.25, 0.3) is 0 Å². The number of benzene rings is 2. The summed E-state index contributed by atoms with van der Waals surface area (Å²) in [5.41, 5.74) is 3.17. The highest BCUT2D eigenvalue weighted by atomic mass is 79.9. The Morgan fingerprint density at radius 2 is 1.96 bits per heavy atom. The predicted octanol–water partition coefficient (Wildman–Crippen LogP) is 5.36. The molecule has 0 spiro atoms. The lowest BCUT2D eigenvalue weighted by Crippen LogP contribution is -2.14. The van der Waals surface area contributed by atoms with Crippen LogP contribution in [0.3, 0.4) is 0 Å². The molecule has 0 aliphatic heterocycles. The van der Waals surface area contributed by atoms with Crippen LogP contribution in [-0.4, -0.2) is 10.9 Å². The lowest BCUT2D eigenvalue weighted by Gasteiger charge is -2.06. The van der Waals surface area contributed by atoms with Crippen LogP contribution in [0, 0.1) is 0 Å². The van der Waals surface area contributed by atoms with E-state index >= 15 is 0 Å². The monoisotopic (exact) mass is 388 g/mol. The highest BCUT2D eigenvalue weighted by molar-refractivity contribution is 9.10. The molecule has 1 amide bonds. The first-order valence-electron chi connectivity index (χ1n) is 7.46. The van der Waals surface area contributed by atoms with Crippen LogP contribution in [-0.2, 0) is 11.2 Å². The number of nitrogens with one attached hydrogen (secondary N) is 1. The molecule has 0 saturated heterocycles. The summed E-state index contributed by atoms with van der Waals surface area (Å²) in [5.74, 6) is 0.455. The van der Waals surface area contributed by atoms with Crippen molar-refractivity contribution < 1.29 is 4.79 Å². The molecular formula is C18H17BrN2OS. The first-order chi connectivity index (χ1) is 11.0. The second kappa shape index (κ2) is 6.81. The number of fused-ring (bicyclic) bond motifs is 1. The van der Waals surface area contributed by atoms with Gasteiger partial charge in [0.15, 0.2) is 5.13 Å². The summed E-state index contributed by atoms with van der Waals surface area (Å²) >= 11 is 4.96. The van der Waals surface area contributed by atoms with Gasteiger partial charge in [0.05, 0.1) is 16.6 Å². The molecule has 1 N–H and O–H groups in total. The molecule has 1 aromatic heterocycles. The number of amides is 1. The zero-order valence-corrected chi connectivity index (χ0v) is 15.4. The number of hydrogen-bond acceptors (Lipinski definition) is 3. The number of anilines is 1. The van der Waals surface area contributed by atoms with Crippen molar-refractivity contribution in [2.24, 2.45) is 0 Å². The first kappa shape index (κ1) is 16.1. The molecule has 0 radical (unpaired) electrons. The van der Waals surface area contributed by atoms with Crippen molar-refractivity contribution in [1.82, 2.24) is 4.98 Å². The zero-order valence-electron chi connectivity index (χ0n) is 13.0. The average Bonchev–Trinajstić information content (AvgIpc) is 2.91. The normalized spacial score (nSPS) is 11.1. The number of nitrogens with zero attached hydrogens (tertiary/aromatic N) is 1. The van der Waals surface area contributed by atoms with Crippen molar-refractivity contribution >= 4 is 48.5 Å². The number of rotatable bonds is 4. The summed E-state index contributed by atoms with van der Waals surface area (Å²) in [5, 5.41) is 3.53. The molecule has 3 nitrogen and oxygen atoms in total. The molecule has 0 fully saturated rings. The number of hydrogen-bond donors (Lipinski definition) is 1. The van der Waals surface area contributed by atoms with Crippen LogP contribution in [0.4, 0.5) is 5.13 Å². The van der Waals surface area contributed by atoms with E-state index in [-0.39, 0.29) is 5.91 Å². The fourth-order valence-corrected chi connectivity index (χ4v) is 3.83. The summed E-state index contributed by atoms with van der Waals surface area (Å²) in [4.78, 5) is 16.7. The SMILES string of the molecule is CC(C)c1ccc(CC(=O)Nc2nc3c(Br)cccc3s2)cc1. The van der Waals surface area contributed by atoms with Gasteiger partial charge in [-0.1, -0.05) is 55.5 Å². The third-order valence-corrected chi connectivity index (χ3v) is 5.20. The molecule has 1 heterocycles. The zero-order chi connectivity index (χ0) is 16.4. The quantitative estimate of drug-likeness (QED) is 0.652. The van der Waals surface area contributed by atoms with E-state index in [1.165, 1.54) is 16.9 Å². The lowest BCUT2D eigenvalue weighted by atomic mass is 10.0. The molecule has 0 unspecified atom stereocenters. The number of aromatic nitrogens is 1. The summed E-state index contributed by atoms with van der Waals surface area (Å²) in [6, 6.07) is 14.1. The molecule has 0 atom stereocenters. The van der Waals surface area contributed by atoms with Gasteiger partial charge in [-0.2, -0.15) is 0 Å². The van der Waals surface area contributed by atoms with Gasteiger partial charge in [-0.25, -0.2) is 4.98 Å². The van der Waals surface area contributed by atoms with Crippen molar-refractivity contribution in [3.63, 3.8) is 0 Å². The van der Waals surface area contributed by atoms with Gasteiger partial charge in [-0.05, 0) is 45.1 Å². The lowest BCUT2D eigenvalue weighted by molar-refractivity contribution is -0.115. The van der Waals surface area contributed by atoms with Gasteiger partial charge in [0.1, 0.15) is 0 Å². The maximum atomic E-state index is 12.2. The molecule has 23 heavy (non-hydrogen) atoms. The minimum atomic E-state index is -0.0440. The second-order valence-electron chi connectivity index (χ2n) is 5.73. The first-order valence-corrected chi connectivity index (χ1v) is 9.07. The Kier molecular flexibility index (Phi) is 4.78. The van der Waals surface area contributed by atoms with E-state index in [0.29, 0.717) is 17.5 Å². The van der Waals surface area contributed by atoms with Crippen molar-refractivity contribution in [2.45, 2.75) is 26.2 Å². The Labute approximate surface area is 147 Å². The van der Waals surface area contributed by atoms with Crippen LogP contribution in [0.1, 0.15) is 30.9 Å². The molecule has 0 saturated carbocycles. The maximum Gasteiger partial charge on any atom is 0.230 e. The topological polar surface area (TPSA) is 42.0 Å². The van der Waals surface area contributed by atoms with Gasteiger partial charge in [0, 0.05) is 4.47 Å². The fourth-order valence-electron chi connectivity index (χ4n) is 2.34. The number of para-hydroxylation sites is 1. The highest BCUT2D eigenvalue weighted by Gasteiger charge is 2.10. The van der Waals surface area contributed by atoms with Crippen LogP contribution in [0.2, 0.25) is 0 Å². The molecule has 3 rings (SSSR count). The van der Waals surface area contributed by atoms with E-state index in [0.717, 1.165) is 20.3 Å². The van der Waals surface area contributed by atoms with Crippen LogP contribution in [0.5, 0.6) is 0 Å². The van der Waals surface area contributed by atoms with Crippen molar-refractivity contribution in [3.8, 4) is 0 Å². The Balaban J connectivity index is 1.69. The Hall–Kier alpha value is -1.72. The molecule has 0 aliphatic carbocycles. The Bertz CT molecular complexity index is 840. The largest absolute Gasteiger partial charge is 0.302 e. The standard InChI is InChI=1S/C18H17BrN2OS/c1-11(2)13-8-6-12(7-9-13)10-16(22)20-18-21-17-14(19)4-3-5-15(17)23-18/h3-9,11H,10H2,1-2H3,(H,20,21,22). The molecule has 0 aliphatic rings. The van der Waals surface area contributed by atoms with Crippen molar-refractivity contribution in [2.75, 3.05) is 5.32 Å². The van der Waals surface area contributed by atoms with E-state index in [2.05, 4.69) is 52.2 Å². The minimum absolute atomic E-state index is 0.0440. The molecule has 0 bridgehead atoms. The van der Waals surface area contributed by atoms with Crippen LogP contribution < -0.4 is 5.32 Å². The van der Waals surface area contributed by atoms with Crippen LogP contribution in [0.15, 0.2) is 46.9 Å². The third kappa shape index (κ3) is 3.79. The highest BCUT2D eigenvalue weighted by Crippen LogP contribution is 2.30. The smallest absolute Gasteiger partial charge is 0.230 e. The molecule has 5 heteroatoms. The van der Waals surface area contributed by atoms with Gasteiger partial charge < -0.3 is 5.32 Å². The number of carbonyl (C=O) groups is 1. The fraction of sp³-hybridized carbons (Fsp3) is 0.222. The van der Waals surface area contributed by atoms with Gasteiger partial charge in [-0.15, -0.1) is 0 Å². The van der Waals surface area contributed by atoms with E-state index < -0.39 is 0 Å². The maximum absolute atomic E-state index is 12.2. The summed E-state index contributed by atoms with van der Waals surface area (Å²) in [7, 11) is 0. The van der Waals surface area contributed by atoms with E-state index in [1.54, 1.807) is 0 Å². The van der Waals surface area contributed by atoms with E-state index in [1.807, 2.05) is 30.3 Å². The molecule has 3 aromatic rings. The van der Waals surface area contributed by atoms with Crippen LogP contribution in [0.25, 0.3) is 10.2 Å². The predicted molar refractivity (Wildman–Crippen MR) is 100 cm³/mol. The van der Waals surface area contributed by atoms with E-state index in [9.17, 15) is 4.79 Å². The third-order valence-electron chi connectivity index (χ3n) is 3.63. The average molecular weight is 389 g/mol. The summed E-state index contributed by atoms with van der Waals surface area (Å²) < 4.78 is 1.99. The number of thiazole rings is 1. The van der Waals surface area contributed by atoms with Crippen molar-refractivity contribution in [1.29, 1.82) is 0 Å². The van der Waals surface area contributed by atoms with Gasteiger partial charge in [-0.3, -0.25) is 4.79 Å². The van der Waals surface area contributed by atoms with Crippen molar-refractivity contribution in [3.05, 3.63) is 58.1 Å². The Morgan fingerprint density at radius 3 is 2.61 bits per heavy atom. The summed E-state index contributed by atoms with van der Waals surface area (Å²) in [6.07, 6.45) is 0.357. The van der Waals surface area contributed by atoms with Gasteiger partial charge in [0.2, 0.25) is 5.91 Å². The van der Waals surface area contributed by atoms with Crippen LogP contribution >= 0.6 is 27.3 Å². The summed E-state index contributed by atoms with van der Waals surface area (Å²) in [6.45, 7) is 4.32. The van der Waals surface area contributed by atoms with Gasteiger partial charge >= 0.3 is 0 Å². The molecule has 118 valence electrons. The second-order valence-corrected chi connectivity index (χ2v) is 7.61. The minimum Gasteiger partial charge on any atom is -0.302 e.